The minimum absolute atomic E-state index is 0.00138. The Morgan fingerprint density at radius 3 is 2.55 bits per heavy atom. The lowest BCUT2D eigenvalue weighted by molar-refractivity contribution is 0.0719. The molecule has 1 saturated heterocycles. The number of rotatable bonds is 3. The molecule has 1 aliphatic heterocycles. The van der Waals surface area contributed by atoms with Crippen LogP contribution in [0.15, 0.2) is 42.1 Å². The number of nitrogens with zero attached hydrogens (tertiary/aromatic N) is 3. The summed E-state index contributed by atoms with van der Waals surface area (Å²) in [4.78, 5) is 33.1. The Hall–Kier alpha value is -3.36. The zero-order valence-electron chi connectivity index (χ0n) is 17.5. The zero-order valence-corrected chi connectivity index (χ0v) is 17.5. The molecule has 0 spiro atoms. The maximum Gasteiger partial charge on any atom is 0.407 e. The lowest BCUT2D eigenvalue weighted by Crippen LogP contribution is -2.50. The van der Waals surface area contributed by atoms with Crippen LogP contribution in [0.4, 0.5) is 19.4 Å². The van der Waals surface area contributed by atoms with Crippen LogP contribution in [0, 0.1) is 11.2 Å². The summed E-state index contributed by atoms with van der Waals surface area (Å²) in [5.74, 6) is -1.55. The summed E-state index contributed by atoms with van der Waals surface area (Å²) in [6.45, 7) is 5.97. The van der Waals surface area contributed by atoms with Crippen molar-refractivity contribution >= 4 is 23.6 Å². The Morgan fingerprint density at radius 1 is 1.19 bits per heavy atom. The second-order valence-electron chi connectivity index (χ2n) is 8.45. The lowest BCUT2D eigenvalue weighted by atomic mass is 9.79. The molecule has 3 rings (SSSR count). The number of halogens is 2. The number of hydrogen-bond acceptors (Lipinski definition) is 4. The average Bonchev–Trinajstić information content (AvgIpc) is 2.72. The van der Waals surface area contributed by atoms with Gasteiger partial charge in [0.05, 0.1) is 6.20 Å². The molecular weight excluding hydrogens is 406 g/mol. The van der Waals surface area contributed by atoms with E-state index in [9.17, 15) is 19.1 Å². The lowest BCUT2D eigenvalue weighted by Gasteiger charge is -2.42. The summed E-state index contributed by atoms with van der Waals surface area (Å²) in [5.41, 5.74) is 0.182. The highest BCUT2D eigenvalue weighted by atomic mass is 19.1. The minimum Gasteiger partial charge on any atom is -0.465 e. The van der Waals surface area contributed by atoms with E-state index in [2.05, 4.69) is 15.3 Å². The molecule has 7 nitrogen and oxygen atoms in total. The molecule has 1 atom stereocenters. The van der Waals surface area contributed by atoms with Crippen molar-refractivity contribution in [1.82, 2.24) is 14.9 Å². The molecule has 0 aromatic carbocycles. The van der Waals surface area contributed by atoms with Crippen LogP contribution >= 0.6 is 0 Å². The highest BCUT2D eigenvalue weighted by Gasteiger charge is 2.37. The number of aromatic nitrogens is 2. The third-order valence-corrected chi connectivity index (χ3v) is 5.20. The summed E-state index contributed by atoms with van der Waals surface area (Å²) in [6.07, 6.45) is 0.441. The predicted octanol–water partition coefficient (Wildman–Crippen LogP) is 4.74. The first kappa shape index (κ1) is 22.3. The van der Waals surface area contributed by atoms with E-state index in [1.807, 2.05) is 20.8 Å². The maximum atomic E-state index is 15.3. The van der Waals surface area contributed by atoms with Crippen LogP contribution in [0.1, 0.15) is 49.8 Å². The molecule has 2 amide bonds. The number of hydrogen-bond donors (Lipinski definition) is 2. The number of carboxylic acid groups (broad SMARTS) is 1. The second-order valence-corrected chi connectivity index (χ2v) is 8.45. The van der Waals surface area contributed by atoms with Gasteiger partial charge in [0, 0.05) is 12.6 Å². The Bertz CT molecular complexity index is 1020. The van der Waals surface area contributed by atoms with Crippen LogP contribution in [0.25, 0.3) is 5.83 Å². The fourth-order valence-corrected chi connectivity index (χ4v) is 3.56. The fraction of sp³-hybridized carbons (Fsp3) is 0.364. The van der Waals surface area contributed by atoms with Crippen LogP contribution in [0.5, 0.6) is 0 Å². The van der Waals surface area contributed by atoms with Crippen molar-refractivity contribution in [2.45, 2.75) is 39.7 Å². The average molecular weight is 430 g/mol. The van der Waals surface area contributed by atoms with Gasteiger partial charge in [-0.05, 0) is 48.1 Å². The third-order valence-electron chi connectivity index (χ3n) is 5.20. The quantitative estimate of drug-likeness (QED) is 0.734. The van der Waals surface area contributed by atoms with Crippen molar-refractivity contribution in [3.8, 4) is 0 Å². The SMILES string of the molecule is CC(C)(C)C1CC(=C(F)c2cccc(NC(=O)c3ccc(F)cn3)n2)CCN1C(=O)O. The molecule has 0 radical (unpaired) electrons. The van der Waals surface area contributed by atoms with E-state index >= 15 is 4.39 Å². The Balaban J connectivity index is 1.82. The van der Waals surface area contributed by atoms with Gasteiger partial charge in [-0.2, -0.15) is 0 Å². The van der Waals surface area contributed by atoms with E-state index < -0.39 is 23.6 Å². The monoisotopic (exact) mass is 430 g/mol. The van der Waals surface area contributed by atoms with E-state index in [-0.39, 0.29) is 48.0 Å². The highest BCUT2D eigenvalue weighted by molar-refractivity contribution is 6.02. The van der Waals surface area contributed by atoms with Crippen LogP contribution in [0.3, 0.4) is 0 Å². The second kappa shape index (κ2) is 8.79. The molecule has 164 valence electrons. The van der Waals surface area contributed by atoms with E-state index in [1.165, 1.54) is 23.1 Å². The van der Waals surface area contributed by atoms with Crippen molar-refractivity contribution in [3.63, 3.8) is 0 Å². The molecule has 2 N–H and O–H groups in total. The van der Waals surface area contributed by atoms with Crippen molar-refractivity contribution in [1.29, 1.82) is 0 Å². The number of likely N-dealkylation sites (tertiary alicyclic amines) is 1. The number of carbonyl (C=O) groups excluding carboxylic acids is 1. The van der Waals surface area contributed by atoms with Gasteiger partial charge in [-0.1, -0.05) is 26.8 Å². The smallest absolute Gasteiger partial charge is 0.407 e. The normalized spacial score (nSPS) is 18.5. The standard InChI is InChI=1S/C22H24F2N4O3/c1-22(2,3)17-11-13(9-10-28(17)21(30)31)19(24)15-5-4-6-18(26-15)27-20(29)16-8-7-14(23)12-25-16/h4-8,12,17H,9-11H2,1-3H3,(H,30,31)(H,26,27,29). The Morgan fingerprint density at radius 2 is 1.94 bits per heavy atom. The predicted molar refractivity (Wildman–Crippen MR) is 112 cm³/mol. The van der Waals surface area contributed by atoms with Crippen molar-refractivity contribution in [2.24, 2.45) is 5.41 Å². The Labute approximate surface area is 178 Å². The van der Waals surface area contributed by atoms with Gasteiger partial charge >= 0.3 is 6.09 Å². The summed E-state index contributed by atoms with van der Waals surface area (Å²) < 4.78 is 28.3. The topological polar surface area (TPSA) is 95.4 Å². The molecule has 1 unspecified atom stereocenters. The van der Waals surface area contributed by atoms with E-state index in [1.54, 1.807) is 6.07 Å². The number of amides is 2. The molecule has 2 aromatic heterocycles. The number of piperidine rings is 1. The van der Waals surface area contributed by atoms with Crippen LogP contribution < -0.4 is 5.32 Å². The first-order chi connectivity index (χ1) is 14.6. The molecule has 9 heteroatoms. The van der Waals surface area contributed by atoms with Gasteiger partial charge in [0.1, 0.15) is 28.8 Å². The van der Waals surface area contributed by atoms with E-state index in [4.69, 9.17) is 0 Å². The van der Waals surface area contributed by atoms with E-state index in [0.717, 1.165) is 12.3 Å². The largest absolute Gasteiger partial charge is 0.465 e. The maximum absolute atomic E-state index is 15.3. The molecule has 3 heterocycles. The van der Waals surface area contributed by atoms with Gasteiger partial charge in [-0.3, -0.25) is 4.79 Å². The van der Waals surface area contributed by atoms with Gasteiger partial charge in [-0.15, -0.1) is 0 Å². The molecular formula is C22H24F2N4O3. The number of anilines is 1. The molecule has 1 aliphatic rings. The fourth-order valence-electron chi connectivity index (χ4n) is 3.56. The molecule has 0 aliphatic carbocycles. The first-order valence-electron chi connectivity index (χ1n) is 9.83. The molecule has 0 bridgehead atoms. The number of pyridine rings is 2. The third kappa shape index (κ3) is 5.22. The summed E-state index contributed by atoms with van der Waals surface area (Å²) in [7, 11) is 0. The number of nitrogens with one attached hydrogen (secondary N) is 1. The van der Waals surface area contributed by atoms with Gasteiger partial charge in [0.2, 0.25) is 0 Å². The molecule has 31 heavy (non-hydrogen) atoms. The van der Waals surface area contributed by atoms with Crippen LogP contribution in [0.2, 0.25) is 0 Å². The van der Waals surface area contributed by atoms with Gasteiger partial charge in [0.25, 0.3) is 5.91 Å². The molecule has 1 fully saturated rings. The van der Waals surface area contributed by atoms with Crippen molar-refractivity contribution in [2.75, 3.05) is 11.9 Å². The number of carbonyl (C=O) groups is 2. The van der Waals surface area contributed by atoms with E-state index in [0.29, 0.717) is 5.57 Å². The van der Waals surface area contributed by atoms with Crippen LogP contribution in [-0.4, -0.2) is 44.6 Å². The van der Waals surface area contributed by atoms with Gasteiger partial charge in [-0.25, -0.2) is 23.5 Å². The summed E-state index contributed by atoms with van der Waals surface area (Å²) in [5, 5.41) is 12.0. The zero-order chi connectivity index (χ0) is 22.8. The molecule has 0 saturated carbocycles. The Kier molecular flexibility index (Phi) is 6.33. The van der Waals surface area contributed by atoms with Crippen molar-refractivity contribution < 1.29 is 23.5 Å². The molecule has 2 aromatic rings. The summed E-state index contributed by atoms with van der Waals surface area (Å²) in [6, 6.07) is 6.54. The highest BCUT2D eigenvalue weighted by Crippen LogP contribution is 2.37. The van der Waals surface area contributed by atoms with Gasteiger partial charge in [0.15, 0.2) is 0 Å². The summed E-state index contributed by atoms with van der Waals surface area (Å²) >= 11 is 0. The van der Waals surface area contributed by atoms with Crippen LogP contribution in [-0.2, 0) is 0 Å². The minimum atomic E-state index is -1.02. The van der Waals surface area contributed by atoms with Gasteiger partial charge < -0.3 is 15.3 Å². The first-order valence-corrected chi connectivity index (χ1v) is 9.83. The van der Waals surface area contributed by atoms with Crippen molar-refractivity contribution in [3.05, 3.63) is 59.3 Å².